The third kappa shape index (κ3) is 3.18. The summed E-state index contributed by atoms with van der Waals surface area (Å²) in [7, 11) is 0. The standard InChI is InChI=1S/C17H19NO2/c1-11-7-12(2)9-14(8-11)10-20-17(19)15-6-4-5-13(3)16(15)18/h4-9H,10,18H2,1-3H3. The molecule has 0 atom stereocenters. The van der Waals surface area contributed by atoms with Crippen LogP contribution in [0.5, 0.6) is 0 Å². The van der Waals surface area contributed by atoms with Gasteiger partial charge in [0, 0.05) is 5.69 Å². The molecule has 20 heavy (non-hydrogen) atoms. The van der Waals surface area contributed by atoms with Crippen LogP contribution in [0.15, 0.2) is 36.4 Å². The van der Waals surface area contributed by atoms with Crippen molar-refractivity contribution in [2.45, 2.75) is 27.4 Å². The van der Waals surface area contributed by atoms with Gasteiger partial charge in [-0.2, -0.15) is 0 Å². The van der Waals surface area contributed by atoms with E-state index in [2.05, 4.69) is 6.07 Å². The number of para-hydroxylation sites is 1. The van der Waals surface area contributed by atoms with Gasteiger partial charge in [0.1, 0.15) is 6.61 Å². The maximum absolute atomic E-state index is 12.1. The summed E-state index contributed by atoms with van der Waals surface area (Å²) in [6.45, 7) is 6.18. The van der Waals surface area contributed by atoms with Crippen molar-refractivity contribution >= 4 is 11.7 Å². The van der Waals surface area contributed by atoms with Crippen molar-refractivity contribution in [3.05, 3.63) is 64.2 Å². The van der Waals surface area contributed by atoms with Gasteiger partial charge < -0.3 is 10.5 Å². The van der Waals surface area contributed by atoms with Crippen LogP contribution in [0.2, 0.25) is 0 Å². The highest BCUT2D eigenvalue weighted by atomic mass is 16.5. The minimum Gasteiger partial charge on any atom is -0.457 e. The third-order valence-electron chi connectivity index (χ3n) is 3.20. The fourth-order valence-corrected chi connectivity index (χ4v) is 2.24. The summed E-state index contributed by atoms with van der Waals surface area (Å²) < 4.78 is 5.34. The van der Waals surface area contributed by atoms with E-state index in [1.165, 1.54) is 0 Å². The van der Waals surface area contributed by atoms with E-state index in [4.69, 9.17) is 10.5 Å². The predicted molar refractivity (Wildman–Crippen MR) is 80.6 cm³/mol. The second-order valence-corrected chi connectivity index (χ2v) is 5.11. The van der Waals surface area contributed by atoms with E-state index >= 15 is 0 Å². The molecule has 0 bridgehead atoms. The molecule has 2 aromatic carbocycles. The van der Waals surface area contributed by atoms with Gasteiger partial charge in [-0.05, 0) is 38.0 Å². The van der Waals surface area contributed by atoms with E-state index in [0.717, 1.165) is 22.3 Å². The first kappa shape index (κ1) is 14.1. The molecule has 0 radical (unpaired) electrons. The highest BCUT2D eigenvalue weighted by Gasteiger charge is 2.12. The minimum absolute atomic E-state index is 0.259. The van der Waals surface area contributed by atoms with Crippen molar-refractivity contribution in [2.75, 3.05) is 5.73 Å². The highest BCUT2D eigenvalue weighted by molar-refractivity contribution is 5.95. The summed E-state index contributed by atoms with van der Waals surface area (Å²) in [5.41, 5.74) is 11.0. The zero-order valence-electron chi connectivity index (χ0n) is 12.1. The first-order valence-electron chi connectivity index (χ1n) is 6.57. The molecule has 0 heterocycles. The van der Waals surface area contributed by atoms with Crippen LogP contribution in [0, 0.1) is 20.8 Å². The van der Waals surface area contributed by atoms with Gasteiger partial charge in [-0.25, -0.2) is 4.79 Å². The number of aryl methyl sites for hydroxylation is 3. The van der Waals surface area contributed by atoms with Crippen LogP contribution < -0.4 is 5.73 Å². The Bertz CT molecular complexity index is 627. The second kappa shape index (κ2) is 5.78. The van der Waals surface area contributed by atoms with Crippen LogP contribution in [0.25, 0.3) is 0 Å². The fraction of sp³-hybridized carbons (Fsp3) is 0.235. The maximum Gasteiger partial charge on any atom is 0.340 e. The number of rotatable bonds is 3. The summed E-state index contributed by atoms with van der Waals surface area (Å²) >= 11 is 0. The zero-order chi connectivity index (χ0) is 14.7. The van der Waals surface area contributed by atoms with Crippen molar-refractivity contribution < 1.29 is 9.53 Å². The number of hydrogen-bond acceptors (Lipinski definition) is 3. The van der Waals surface area contributed by atoms with Crippen molar-refractivity contribution in [3.8, 4) is 0 Å². The zero-order valence-corrected chi connectivity index (χ0v) is 12.1. The average molecular weight is 269 g/mol. The van der Waals surface area contributed by atoms with Crippen molar-refractivity contribution in [1.82, 2.24) is 0 Å². The van der Waals surface area contributed by atoms with Gasteiger partial charge >= 0.3 is 5.97 Å². The molecule has 0 unspecified atom stereocenters. The second-order valence-electron chi connectivity index (χ2n) is 5.11. The SMILES string of the molecule is Cc1cc(C)cc(COC(=O)c2cccc(C)c2N)c1. The predicted octanol–water partition coefficient (Wildman–Crippen LogP) is 3.55. The van der Waals surface area contributed by atoms with E-state index in [1.54, 1.807) is 12.1 Å². The Morgan fingerprint density at radius 2 is 1.75 bits per heavy atom. The van der Waals surface area contributed by atoms with Crippen LogP contribution in [-0.4, -0.2) is 5.97 Å². The lowest BCUT2D eigenvalue weighted by Crippen LogP contribution is -2.09. The summed E-state index contributed by atoms with van der Waals surface area (Å²) in [5, 5.41) is 0. The smallest absolute Gasteiger partial charge is 0.340 e. The summed E-state index contributed by atoms with van der Waals surface area (Å²) in [4.78, 5) is 12.1. The molecule has 0 aliphatic heterocycles. The Balaban J connectivity index is 2.10. The molecule has 104 valence electrons. The number of nitrogen functional groups attached to an aromatic ring is 1. The Labute approximate surface area is 119 Å². The molecule has 2 rings (SSSR count). The van der Waals surface area contributed by atoms with Gasteiger partial charge in [0.25, 0.3) is 0 Å². The van der Waals surface area contributed by atoms with Crippen LogP contribution >= 0.6 is 0 Å². The monoisotopic (exact) mass is 269 g/mol. The van der Waals surface area contributed by atoms with Crippen molar-refractivity contribution in [3.63, 3.8) is 0 Å². The molecule has 0 fully saturated rings. The van der Waals surface area contributed by atoms with Gasteiger partial charge in [-0.1, -0.05) is 41.5 Å². The number of benzene rings is 2. The average Bonchev–Trinajstić information content (AvgIpc) is 2.38. The number of ether oxygens (including phenoxy) is 1. The van der Waals surface area contributed by atoms with Gasteiger partial charge in [0.2, 0.25) is 0 Å². The molecule has 0 aromatic heterocycles. The minimum atomic E-state index is -0.384. The molecule has 0 saturated heterocycles. The molecular formula is C17H19NO2. The molecule has 0 aliphatic carbocycles. The molecule has 0 saturated carbocycles. The van der Waals surface area contributed by atoms with Crippen LogP contribution in [0.1, 0.15) is 32.6 Å². The van der Waals surface area contributed by atoms with E-state index < -0.39 is 0 Å². The number of esters is 1. The van der Waals surface area contributed by atoms with Gasteiger partial charge in [-0.3, -0.25) is 0 Å². The Hall–Kier alpha value is -2.29. The van der Waals surface area contributed by atoms with E-state index in [0.29, 0.717) is 11.3 Å². The third-order valence-corrected chi connectivity index (χ3v) is 3.20. The number of carbonyl (C=O) groups is 1. The molecule has 2 N–H and O–H groups in total. The maximum atomic E-state index is 12.1. The van der Waals surface area contributed by atoms with Crippen LogP contribution in [0.3, 0.4) is 0 Å². The van der Waals surface area contributed by atoms with Crippen molar-refractivity contribution in [2.24, 2.45) is 0 Å². The lowest BCUT2D eigenvalue weighted by molar-refractivity contribution is 0.0473. The summed E-state index contributed by atoms with van der Waals surface area (Å²) in [6, 6.07) is 11.5. The number of nitrogens with two attached hydrogens (primary N) is 1. The molecule has 0 spiro atoms. The Morgan fingerprint density at radius 3 is 2.40 bits per heavy atom. The molecule has 3 heteroatoms. The quantitative estimate of drug-likeness (QED) is 0.684. The molecule has 0 aliphatic rings. The first-order valence-corrected chi connectivity index (χ1v) is 6.57. The largest absolute Gasteiger partial charge is 0.457 e. The van der Waals surface area contributed by atoms with Gasteiger partial charge in [0.15, 0.2) is 0 Å². The van der Waals surface area contributed by atoms with E-state index in [9.17, 15) is 4.79 Å². The molecular weight excluding hydrogens is 250 g/mol. The first-order chi connectivity index (χ1) is 9.47. The molecule has 2 aromatic rings. The molecule has 3 nitrogen and oxygen atoms in total. The number of hydrogen-bond donors (Lipinski definition) is 1. The summed E-state index contributed by atoms with van der Waals surface area (Å²) in [6.07, 6.45) is 0. The Kier molecular flexibility index (Phi) is 4.08. The van der Waals surface area contributed by atoms with Crippen LogP contribution in [0.4, 0.5) is 5.69 Å². The summed E-state index contributed by atoms with van der Waals surface area (Å²) in [5.74, 6) is -0.384. The normalized spacial score (nSPS) is 10.3. The van der Waals surface area contributed by atoms with Crippen LogP contribution in [-0.2, 0) is 11.3 Å². The van der Waals surface area contributed by atoms with Gasteiger partial charge in [0.05, 0.1) is 5.56 Å². The van der Waals surface area contributed by atoms with E-state index in [1.807, 2.05) is 39.0 Å². The van der Waals surface area contributed by atoms with Crippen molar-refractivity contribution in [1.29, 1.82) is 0 Å². The van der Waals surface area contributed by atoms with Gasteiger partial charge in [-0.15, -0.1) is 0 Å². The van der Waals surface area contributed by atoms with E-state index in [-0.39, 0.29) is 12.6 Å². The number of anilines is 1. The lowest BCUT2D eigenvalue weighted by Gasteiger charge is -2.09. The highest BCUT2D eigenvalue weighted by Crippen LogP contribution is 2.18. The lowest BCUT2D eigenvalue weighted by atomic mass is 10.1. The Morgan fingerprint density at radius 1 is 1.10 bits per heavy atom. The fourth-order valence-electron chi connectivity index (χ4n) is 2.24. The number of carbonyl (C=O) groups excluding carboxylic acids is 1. The molecule has 0 amide bonds. The topological polar surface area (TPSA) is 52.3 Å².